The smallest absolute Gasteiger partial charge is 0.255 e. The zero-order chi connectivity index (χ0) is 10.5. The lowest BCUT2D eigenvalue weighted by Crippen LogP contribution is -2.42. The molecule has 0 aromatic carbocycles. The summed E-state index contributed by atoms with van der Waals surface area (Å²) in [4.78, 5) is 0. The fourth-order valence-corrected chi connectivity index (χ4v) is 0.722. The molecule has 13 heavy (non-hydrogen) atoms. The summed E-state index contributed by atoms with van der Waals surface area (Å²) in [7, 11) is 6.64. The van der Waals surface area contributed by atoms with E-state index in [1.165, 1.54) is 7.11 Å². The topological polar surface area (TPSA) is 38.7 Å². The first-order chi connectivity index (χ1) is 5.95. The Balaban J connectivity index is 4.09. The Labute approximate surface area is 83.6 Å². The van der Waals surface area contributed by atoms with Gasteiger partial charge >= 0.3 is 0 Å². The van der Waals surface area contributed by atoms with Crippen molar-refractivity contribution in [3.8, 4) is 0 Å². The molecule has 6 heteroatoms. The average Bonchev–Trinajstić information content (AvgIpc) is 2.04. The summed E-state index contributed by atoms with van der Waals surface area (Å²) in [5, 5.41) is 8.13. The minimum Gasteiger partial charge on any atom is -0.390 e. The maximum atomic E-state index is 13.4. The molecule has 3 nitrogen and oxygen atoms in total. The van der Waals surface area contributed by atoms with Gasteiger partial charge in [-0.15, -0.1) is 11.6 Å². The molecule has 76 valence electrons. The van der Waals surface area contributed by atoms with E-state index in [-0.39, 0.29) is 6.61 Å². The van der Waals surface area contributed by atoms with E-state index in [4.69, 9.17) is 29.3 Å². The summed E-state index contributed by atoms with van der Waals surface area (Å²) in [5.74, 6) is -2.28. The zero-order valence-corrected chi connectivity index (χ0v) is 8.42. The number of hydrogen-bond acceptors (Lipinski definition) is 3. The molecule has 1 unspecified atom stereocenters. The molecule has 0 bridgehead atoms. The highest BCUT2D eigenvalue weighted by atomic mass is 35.5. The van der Waals surface area contributed by atoms with Crippen LogP contribution in [0.3, 0.4) is 0 Å². The third-order valence-corrected chi connectivity index (χ3v) is 1.64. The van der Waals surface area contributed by atoms with Gasteiger partial charge in [-0.2, -0.15) is 0 Å². The zero-order valence-electron chi connectivity index (χ0n) is 7.67. The first-order valence-electron chi connectivity index (χ1n) is 3.81. The van der Waals surface area contributed by atoms with E-state index >= 15 is 0 Å². The average molecular weight is 210 g/mol. The van der Waals surface area contributed by atoms with Crippen LogP contribution in [-0.4, -0.2) is 50.5 Å². The second kappa shape index (κ2) is 5.80. The maximum Gasteiger partial charge on any atom is 0.255 e. The van der Waals surface area contributed by atoms with Gasteiger partial charge < -0.3 is 14.6 Å². The second-order valence-corrected chi connectivity index (χ2v) is 3.42. The Morgan fingerprint density at radius 2 is 2.23 bits per heavy atom. The number of rotatable bonds is 6. The molecule has 0 aliphatic carbocycles. The molecule has 0 aliphatic heterocycles. The fourth-order valence-electron chi connectivity index (χ4n) is 0.670. The maximum absolute atomic E-state index is 13.4. The van der Waals surface area contributed by atoms with E-state index in [1.54, 1.807) is 6.92 Å². The van der Waals surface area contributed by atoms with Crippen LogP contribution >= 0.6 is 11.6 Å². The minimum atomic E-state index is -2.28. The van der Waals surface area contributed by atoms with Gasteiger partial charge in [-0.25, -0.2) is 4.39 Å². The van der Waals surface area contributed by atoms with E-state index in [0.29, 0.717) is 0 Å². The number of hydrogen-bond donors (Lipinski definition) is 1. The molecular weight excluding hydrogens is 197 g/mol. The lowest BCUT2D eigenvalue weighted by Gasteiger charge is -2.28. The molecule has 0 saturated heterocycles. The summed E-state index contributed by atoms with van der Waals surface area (Å²) < 4.78 is 22.6. The molecule has 0 aromatic heterocycles. The normalized spacial score (nSPS) is 20.7. The van der Waals surface area contributed by atoms with Crippen molar-refractivity contribution in [3.63, 3.8) is 0 Å². The lowest BCUT2D eigenvalue weighted by molar-refractivity contribution is -0.206. The number of halogens is 2. The molecule has 0 heterocycles. The summed E-state index contributed by atoms with van der Waals surface area (Å²) in [5.41, 5.74) is 0. The van der Waals surface area contributed by atoms with E-state index in [2.05, 4.69) is 4.74 Å². The Morgan fingerprint density at radius 1 is 1.69 bits per heavy atom. The van der Waals surface area contributed by atoms with E-state index in [1.807, 2.05) is 0 Å². The molecule has 3 atom stereocenters. The van der Waals surface area contributed by atoms with Crippen molar-refractivity contribution in [1.29, 1.82) is 0 Å². The van der Waals surface area contributed by atoms with Crippen molar-refractivity contribution in [2.45, 2.75) is 24.2 Å². The summed E-state index contributed by atoms with van der Waals surface area (Å²) in [6.45, 7) is 0.357. The number of ether oxygens (including phenoxy) is 2. The monoisotopic (exact) mass is 210 g/mol. The van der Waals surface area contributed by atoms with Gasteiger partial charge in [0.15, 0.2) is 0 Å². The van der Waals surface area contributed by atoms with Gasteiger partial charge in [0.1, 0.15) is 21.1 Å². The number of alkyl halides is 2. The quantitative estimate of drug-likeness (QED) is 0.510. The van der Waals surface area contributed by atoms with Crippen molar-refractivity contribution in [3.05, 3.63) is 0 Å². The molecule has 1 N–H and O–H groups in total. The van der Waals surface area contributed by atoms with Crippen molar-refractivity contribution in [1.82, 2.24) is 0 Å². The highest BCUT2D eigenvalue weighted by molar-refractivity contribution is 6.26. The largest absolute Gasteiger partial charge is 0.390 e. The van der Waals surface area contributed by atoms with Gasteiger partial charge in [-0.1, -0.05) is 0 Å². The van der Waals surface area contributed by atoms with Crippen LogP contribution in [0.2, 0.25) is 0 Å². The van der Waals surface area contributed by atoms with Crippen molar-refractivity contribution in [2.75, 3.05) is 20.3 Å². The standard InChI is InChI=1S/C7H13BClFO3/c1-5(9)6(8)13-7(10,3-11)4-12-2/h5-6,11H,3-4H2,1-2H3/t5-,6?,7+/m1/s1. The highest BCUT2D eigenvalue weighted by Crippen LogP contribution is 2.17. The van der Waals surface area contributed by atoms with Crippen LogP contribution in [-0.2, 0) is 9.47 Å². The van der Waals surface area contributed by atoms with Gasteiger partial charge in [-0.3, -0.25) is 0 Å². The van der Waals surface area contributed by atoms with Crippen molar-refractivity contribution < 1.29 is 19.0 Å². The third kappa shape index (κ3) is 4.81. The van der Waals surface area contributed by atoms with Gasteiger partial charge in [0.05, 0.1) is 0 Å². The van der Waals surface area contributed by atoms with Gasteiger partial charge in [0, 0.05) is 18.5 Å². The van der Waals surface area contributed by atoms with Crippen LogP contribution in [0.15, 0.2) is 0 Å². The van der Waals surface area contributed by atoms with Crippen molar-refractivity contribution in [2.24, 2.45) is 0 Å². The Hall–Kier alpha value is 0.165. The molecule has 0 fully saturated rings. The molecule has 2 radical (unpaired) electrons. The van der Waals surface area contributed by atoms with Gasteiger partial charge in [-0.05, 0) is 6.92 Å². The molecule has 0 spiro atoms. The van der Waals surface area contributed by atoms with E-state index < -0.39 is 23.8 Å². The Kier molecular flexibility index (Phi) is 5.88. The van der Waals surface area contributed by atoms with Crippen LogP contribution in [0.25, 0.3) is 0 Å². The third-order valence-electron chi connectivity index (χ3n) is 1.40. The summed E-state index contributed by atoms with van der Waals surface area (Å²) >= 11 is 5.55. The Bertz CT molecular complexity index is 150. The van der Waals surface area contributed by atoms with Gasteiger partial charge in [0.2, 0.25) is 0 Å². The first-order valence-corrected chi connectivity index (χ1v) is 4.25. The second-order valence-electron chi connectivity index (χ2n) is 2.73. The van der Waals surface area contributed by atoms with Crippen LogP contribution in [0.4, 0.5) is 4.39 Å². The molecule has 0 aromatic rings. The Morgan fingerprint density at radius 3 is 2.54 bits per heavy atom. The minimum absolute atomic E-state index is 0.388. The number of aliphatic hydroxyl groups is 1. The van der Waals surface area contributed by atoms with Crippen LogP contribution in [0.1, 0.15) is 6.92 Å². The first kappa shape index (κ1) is 13.2. The van der Waals surface area contributed by atoms with Crippen LogP contribution in [0.5, 0.6) is 0 Å². The van der Waals surface area contributed by atoms with Crippen LogP contribution < -0.4 is 0 Å². The fraction of sp³-hybridized carbons (Fsp3) is 1.00. The number of methoxy groups -OCH3 is 1. The van der Waals surface area contributed by atoms with Gasteiger partial charge in [0.25, 0.3) is 5.85 Å². The molecular formula is C7H13BClFO3. The molecule has 0 saturated carbocycles. The predicted octanol–water partition coefficient (Wildman–Crippen LogP) is 0.429. The van der Waals surface area contributed by atoms with Crippen molar-refractivity contribution >= 4 is 19.4 Å². The number of aliphatic hydroxyl groups excluding tert-OH is 1. The predicted molar refractivity (Wildman–Crippen MR) is 48.7 cm³/mol. The SMILES string of the molecule is [B]C(O[C@@](F)(CO)COC)[C@@H](C)Cl. The summed E-state index contributed by atoms with van der Waals surface area (Å²) in [6.07, 6.45) is 0. The highest BCUT2D eigenvalue weighted by Gasteiger charge is 2.32. The van der Waals surface area contributed by atoms with E-state index in [9.17, 15) is 4.39 Å². The molecule has 0 aliphatic rings. The lowest BCUT2D eigenvalue weighted by atomic mass is 9.97. The molecule has 0 rings (SSSR count). The summed E-state index contributed by atoms with van der Waals surface area (Å²) in [6, 6.07) is -0.978. The van der Waals surface area contributed by atoms with E-state index in [0.717, 1.165) is 0 Å². The van der Waals surface area contributed by atoms with Crippen LogP contribution in [0, 0.1) is 0 Å². The molecule has 0 amide bonds.